The summed E-state index contributed by atoms with van der Waals surface area (Å²) < 4.78 is 5.39. The van der Waals surface area contributed by atoms with Crippen molar-refractivity contribution in [2.75, 3.05) is 13.7 Å². The Balaban J connectivity index is 2.84. The Kier molecular flexibility index (Phi) is 5.49. The number of ether oxygens (including phenoxy) is 1. The van der Waals surface area contributed by atoms with E-state index in [4.69, 9.17) is 10.5 Å². The smallest absolute Gasteiger partial charge is 0.122 e. The highest BCUT2D eigenvalue weighted by atomic mass is 16.5. The molecule has 0 fully saturated rings. The van der Waals surface area contributed by atoms with Gasteiger partial charge in [0.2, 0.25) is 0 Å². The Morgan fingerprint density at radius 3 is 2.47 bits per heavy atom. The Hall–Kier alpha value is -1.02. The second kappa shape index (κ2) is 6.65. The zero-order valence-corrected chi connectivity index (χ0v) is 11.5. The van der Waals surface area contributed by atoms with Gasteiger partial charge >= 0.3 is 0 Å². The van der Waals surface area contributed by atoms with Crippen LogP contribution in [0.4, 0.5) is 0 Å². The minimum Gasteiger partial charge on any atom is -0.496 e. The van der Waals surface area contributed by atoms with Crippen LogP contribution in [0.15, 0.2) is 18.2 Å². The molecule has 17 heavy (non-hydrogen) atoms. The molecule has 0 aliphatic rings. The lowest BCUT2D eigenvalue weighted by Crippen LogP contribution is -2.08. The summed E-state index contributed by atoms with van der Waals surface area (Å²) in [5.74, 6) is 2.14. The van der Waals surface area contributed by atoms with Crippen molar-refractivity contribution in [2.45, 2.75) is 39.5 Å². The molecule has 0 radical (unpaired) electrons. The molecule has 0 bridgehead atoms. The second-order valence-electron chi connectivity index (χ2n) is 5.12. The van der Waals surface area contributed by atoms with E-state index in [1.807, 2.05) is 0 Å². The molecule has 96 valence electrons. The van der Waals surface area contributed by atoms with Crippen LogP contribution in [0.25, 0.3) is 0 Å². The van der Waals surface area contributed by atoms with E-state index in [1.54, 1.807) is 7.11 Å². The minimum absolute atomic E-state index is 0.495. The topological polar surface area (TPSA) is 35.2 Å². The summed E-state index contributed by atoms with van der Waals surface area (Å²) in [6.45, 7) is 7.43. The molecular formula is C15H25NO. The first kappa shape index (κ1) is 14.0. The maximum atomic E-state index is 5.59. The molecule has 1 atom stereocenters. The average Bonchev–Trinajstić information content (AvgIpc) is 2.29. The van der Waals surface area contributed by atoms with Crippen LogP contribution >= 0.6 is 0 Å². The molecule has 0 aliphatic carbocycles. The molecule has 1 rings (SSSR count). The molecule has 2 nitrogen and oxygen atoms in total. The summed E-state index contributed by atoms with van der Waals surface area (Å²) in [6.07, 6.45) is 2.18. The van der Waals surface area contributed by atoms with E-state index in [9.17, 15) is 0 Å². The van der Waals surface area contributed by atoms with Crippen LogP contribution in [0.5, 0.6) is 5.75 Å². The third kappa shape index (κ3) is 4.04. The van der Waals surface area contributed by atoms with E-state index in [0.29, 0.717) is 11.8 Å². The first-order chi connectivity index (χ1) is 8.08. The lowest BCUT2D eigenvalue weighted by molar-refractivity contribution is 0.407. The van der Waals surface area contributed by atoms with Gasteiger partial charge in [-0.3, -0.25) is 0 Å². The van der Waals surface area contributed by atoms with E-state index in [1.165, 1.54) is 11.1 Å². The SMILES string of the molecule is COc1ccc(CC(C)CCN)cc1C(C)C. The summed E-state index contributed by atoms with van der Waals surface area (Å²) in [5.41, 5.74) is 8.27. The number of methoxy groups -OCH3 is 1. The number of rotatable bonds is 6. The van der Waals surface area contributed by atoms with E-state index in [-0.39, 0.29) is 0 Å². The van der Waals surface area contributed by atoms with E-state index >= 15 is 0 Å². The zero-order valence-electron chi connectivity index (χ0n) is 11.5. The Bertz CT molecular complexity index is 347. The Morgan fingerprint density at radius 1 is 1.24 bits per heavy atom. The molecule has 0 spiro atoms. The molecule has 2 heteroatoms. The molecule has 1 aromatic rings. The normalized spacial score (nSPS) is 12.8. The zero-order chi connectivity index (χ0) is 12.8. The van der Waals surface area contributed by atoms with Gasteiger partial charge in [0.1, 0.15) is 5.75 Å². The monoisotopic (exact) mass is 235 g/mol. The van der Waals surface area contributed by atoms with Crippen molar-refractivity contribution in [3.8, 4) is 5.75 Å². The van der Waals surface area contributed by atoms with E-state index in [0.717, 1.165) is 25.1 Å². The molecular weight excluding hydrogens is 210 g/mol. The quantitative estimate of drug-likeness (QED) is 0.820. The fraction of sp³-hybridized carbons (Fsp3) is 0.600. The summed E-state index contributed by atoms with van der Waals surface area (Å²) in [5, 5.41) is 0. The molecule has 1 aromatic carbocycles. The van der Waals surface area contributed by atoms with Crippen molar-refractivity contribution in [3.05, 3.63) is 29.3 Å². The molecule has 1 unspecified atom stereocenters. The van der Waals surface area contributed by atoms with Crippen molar-refractivity contribution in [1.29, 1.82) is 0 Å². The summed E-state index contributed by atoms with van der Waals surface area (Å²) in [4.78, 5) is 0. The summed E-state index contributed by atoms with van der Waals surface area (Å²) >= 11 is 0. The first-order valence-corrected chi connectivity index (χ1v) is 6.45. The lowest BCUT2D eigenvalue weighted by Gasteiger charge is -2.15. The van der Waals surface area contributed by atoms with Crippen LogP contribution in [0.3, 0.4) is 0 Å². The number of benzene rings is 1. The molecule has 0 aliphatic heterocycles. The van der Waals surface area contributed by atoms with Crippen molar-refractivity contribution in [3.63, 3.8) is 0 Å². The summed E-state index contributed by atoms with van der Waals surface area (Å²) in [6, 6.07) is 6.52. The van der Waals surface area contributed by atoms with Gasteiger partial charge in [0.05, 0.1) is 7.11 Å². The molecule has 0 saturated carbocycles. The molecule has 2 N–H and O–H groups in total. The van der Waals surface area contributed by atoms with E-state index < -0.39 is 0 Å². The maximum absolute atomic E-state index is 5.59. The molecule has 0 heterocycles. The van der Waals surface area contributed by atoms with Crippen molar-refractivity contribution < 1.29 is 4.74 Å². The van der Waals surface area contributed by atoms with Crippen molar-refractivity contribution >= 4 is 0 Å². The fourth-order valence-corrected chi connectivity index (χ4v) is 2.15. The molecule has 0 saturated heterocycles. The number of hydrogen-bond acceptors (Lipinski definition) is 2. The van der Waals surface area contributed by atoms with Crippen LogP contribution in [0.1, 0.15) is 44.2 Å². The average molecular weight is 235 g/mol. The second-order valence-corrected chi connectivity index (χ2v) is 5.12. The highest BCUT2D eigenvalue weighted by molar-refractivity contribution is 5.39. The van der Waals surface area contributed by atoms with E-state index in [2.05, 4.69) is 39.0 Å². The minimum atomic E-state index is 0.495. The van der Waals surface area contributed by atoms with Gasteiger partial charge in [0, 0.05) is 0 Å². The van der Waals surface area contributed by atoms with Crippen LogP contribution in [-0.4, -0.2) is 13.7 Å². The maximum Gasteiger partial charge on any atom is 0.122 e. The summed E-state index contributed by atoms with van der Waals surface area (Å²) in [7, 11) is 1.73. The molecule has 0 amide bonds. The van der Waals surface area contributed by atoms with Crippen molar-refractivity contribution in [2.24, 2.45) is 11.7 Å². The standard InChI is InChI=1S/C15H25NO/c1-11(2)14-10-13(5-6-15(14)17-4)9-12(3)7-8-16/h5-6,10-12H,7-9,16H2,1-4H3. The van der Waals surface area contributed by atoms with Gasteiger partial charge in [0.25, 0.3) is 0 Å². The van der Waals surface area contributed by atoms with Gasteiger partial charge in [-0.2, -0.15) is 0 Å². The highest BCUT2D eigenvalue weighted by Crippen LogP contribution is 2.28. The Morgan fingerprint density at radius 2 is 1.94 bits per heavy atom. The van der Waals surface area contributed by atoms with Crippen LogP contribution in [0, 0.1) is 5.92 Å². The van der Waals surface area contributed by atoms with Gasteiger partial charge in [-0.1, -0.05) is 32.9 Å². The van der Waals surface area contributed by atoms with Gasteiger partial charge in [-0.05, 0) is 48.4 Å². The van der Waals surface area contributed by atoms with Gasteiger partial charge in [-0.25, -0.2) is 0 Å². The third-order valence-corrected chi connectivity index (χ3v) is 3.16. The number of hydrogen-bond donors (Lipinski definition) is 1. The van der Waals surface area contributed by atoms with Crippen LogP contribution < -0.4 is 10.5 Å². The number of nitrogens with two attached hydrogens (primary N) is 1. The van der Waals surface area contributed by atoms with Gasteiger partial charge in [-0.15, -0.1) is 0 Å². The van der Waals surface area contributed by atoms with Gasteiger partial charge < -0.3 is 10.5 Å². The van der Waals surface area contributed by atoms with Crippen molar-refractivity contribution in [1.82, 2.24) is 0 Å². The first-order valence-electron chi connectivity index (χ1n) is 6.45. The van der Waals surface area contributed by atoms with Gasteiger partial charge in [0.15, 0.2) is 0 Å². The highest BCUT2D eigenvalue weighted by Gasteiger charge is 2.10. The Labute approximate surface area is 105 Å². The third-order valence-electron chi connectivity index (χ3n) is 3.16. The fourth-order valence-electron chi connectivity index (χ4n) is 2.15. The predicted octanol–water partition coefficient (Wildman–Crippen LogP) is 3.35. The lowest BCUT2D eigenvalue weighted by atomic mass is 9.93. The predicted molar refractivity (Wildman–Crippen MR) is 73.6 cm³/mol. The van der Waals surface area contributed by atoms with Crippen LogP contribution in [-0.2, 0) is 6.42 Å². The van der Waals surface area contributed by atoms with Crippen LogP contribution in [0.2, 0.25) is 0 Å². The largest absolute Gasteiger partial charge is 0.496 e. The molecule has 0 aromatic heterocycles.